The van der Waals surface area contributed by atoms with E-state index in [9.17, 15) is 13.2 Å². The van der Waals surface area contributed by atoms with Gasteiger partial charge in [-0.05, 0) is 33.6 Å². The zero-order valence-corrected chi connectivity index (χ0v) is 12.3. The molecule has 0 saturated heterocycles. The van der Waals surface area contributed by atoms with Crippen LogP contribution in [0.5, 0.6) is 0 Å². The lowest BCUT2D eigenvalue weighted by Crippen LogP contribution is -2.50. The molecule has 6 nitrogen and oxygen atoms in total. The number of ether oxygens (including phenoxy) is 1. The molecule has 1 aliphatic carbocycles. The highest BCUT2D eigenvalue weighted by Gasteiger charge is 2.38. The van der Waals surface area contributed by atoms with Crippen LogP contribution in [-0.4, -0.2) is 50.5 Å². The third kappa shape index (κ3) is 4.81. The average molecular weight is 279 g/mol. The van der Waals surface area contributed by atoms with E-state index in [0.29, 0.717) is 12.8 Å². The van der Waals surface area contributed by atoms with Gasteiger partial charge in [-0.3, -0.25) is 4.18 Å². The van der Waals surface area contributed by atoms with E-state index in [-0.39, 0.29) is 12.1 Å². The molecule has 0 aromatic carbocycles. The van der Waals surface area contributed by atoms with E-state index in [1.54, 1.807) is 27.8 Å². The first-order chi connectivity index (χ1) is 7.98. The minimum absolute atomic E-state index is 0.0217. The molecule has 1 fully saturated rings. The van der Waals surface area contributed by atoms with Crippen molar-refractivity contribution in [3.63, 3.8) is 0 Å². The number of nitrogens with zero attached hydrogens (tertiary/aromatic N) is 1. The first kappa shape index (κ1) is 15.2. The van der Waals surface area contributed by atoms with Gasteiger partial charge in [0.1, 0.15) is 5.60 Å². The average Bonchev–Trinajstić information content (AvgIpc) is 2.04. The highest BCUT2D eigenvalue weighted by atomic mass is 32.2. The van der Waals surface area contributed by atoms with Crippen LogP contribution in [0.15, 0.2) is 0 Å². The van der Waals surface area contributed by atoms with Crippen molar-refractivity contribution in [3.8, 4) is 0 Å². The number of amides is 1. The first-order valence-corrected chi connectivity index (χ1v) is 7.63. The van der Waals surface area contributed by atoms with E-state index in [1.807, 2.05) is 0 Å². The number of carbonyl (C=O) groups is 1. The quantitative estimate of drug-likeness (QED) is 0.729. The lowest BCUT2D eigenvalue weighted by Gasteiger charge is -2.40. The normalized spacial score (nSPS) is 24.3. The summed E-state index contributed by atoms with van der Waals surface area (Å²) in [6.45, 7) is 5.40. The Bertz CT molecular complexity index is 406. The van der Waals surface area contributed by atoms with Crippen LogP contribution in [0.4, 0.5) is 4.79 Å². The third-order valence-electron chi connectivity index (χ3n) is 2.61. The molecule has 0 aromatic heterocycles. The Hall–Kier alpha value is -0.820. The van der Waals surface area contributed by atoms with Gasteiger partial charge in [0.2, 0.25) is 0 Å². The van der Waals surface area contributed by atoms with Crippen LogP contribution in [0, 0.1) is 0 Å². The molecule has 0 aromatic rings. The largest absolute Gasteiger partial charge is 0.444 e. The topological polar surface area (TPSA) is 72.9 Å². The van der Waals surface area contributed by atoms with E-state index in [2.05, 4.69) is 0 Å². The van der Waals surface area contributed by atoms with Crippen LogP contribution >= 0.6 is 0 Å². The minimum atomic E-state index is -3.42. The molecule has 0 aliphatic heterocycles. The molecular weight excluding hydrogens is 258 g/mol. The Labute approximate surface area is 108 Å². The third-order valence-corrected chi connectivity index (χ3v) is 3.23. The number of carbonyl (C=O) groups excluding carboxylic acids is 1. The molecule has 18 heavy (non-hydrogen) atoms. The van der Waals surface area contributed by atoms with Crippen molar-refractivity contribution >= 4 is 16.2 Å². The summed E-state index contributed by atoms with van der Waals surface area (Å²) in [7, 11) is -1.77. The van der Waals surface area contributed by atoms with Gasteiger partial charge in [-0.15, -0.1) is 0 Å². The molecule has 7 heteroatoms. The predicted molar refractivity (Wildman–Crippen MR) is 66.7 cm³/mol. The lowest BCUT2D eigenvalue weighted by atomic mass is 9.89. The molecule has 1 amide bonds. The molecule has 1 saturated carbocycles. The van der Waals surface area contributed by atoms with Gasteiger partial charge in [-0.1, -0.05) is 0 Å². The highest BCUT2D eigenvalue weighted by molar-refractivity contribution is 7.86. The van der Waals surface area contributed by atoms with Crippen LogP contribution in [0.25, 0.3) is 0 Å². The molecule has 1 aliphatic rings. The molecule has 0 unspecified atom stereocenters. The molecule has 0 atom stereocenters. The molecule has 0 spiro atoms. The van der Waals surface area contributed by atoms with Gasteiger partial charge in [0.05, 0.1) is 12.4 Å². The molecule has 106 valence electrons. The first-order valence-electron chi connectivity index (χ1n) is 5.82. The van der Waals surface area contributed by atoms with Crippen LogP contribution in [0.2, 0.25) is 0 Å². The Morgan fingerprint density at radius 2 is 1.78 bits per heavy atom. The summed E-state index contributed by atoms with van der Waals surface area (Å²) in [5.41, 5.74) is -0.530. The molecule has 0 radical (unpaired) electrons. The summed E-state index contributed by atoms with van der Waals surface area (Å²) >= 11 is 0. The van der Waals surface area contributed by atoms with Crippen molar-refractivity contribution in [1.82, 2.24) is 4.90 Å². The van der Waals surface area contributed by atoms with Gasteiger partial charge in [-0.25, -0.2) is 4.79 Å². The van der Waals surface area contributed by atoms with E-state index in [1.165, 1.54) is 4.90 Å². The molecular formula is C11H21NO5S. The number of hydrogen-bond donors (Lipinski definition) is 0. The Morgan fingerprint density at radius 1 is 1.28 bits per heavy atom. The summed E-state index contributed by atoms with van der Waals surface area (Å²) in [6.07, 6.45) is 1.34. The zero-order valence-electron chi connectivity index (χ0n) is 11.5. The maximum absolute atomic E-state index is 11.7. The fraction of sp³-hybridized carbons (Fsp3) is 0.909. The maximum Gasteiger partial charge on any atom is 0.410 e. The molecule has 1 rings (SSSR count). The van der Waals surface area contributed by atoms with E-state index in [4.69, 9.17) is 8.92 Å². The van der Waals surface area contributed by atoms with Crippen molar-refractivity contribution in [2.24, 2.45) is 0 Å². The van der Waals surface area contributed by atoms with Crippen molar-refractivity contribution in [3.05, 3.63) is 0 Å². The molecule has 0 bridgehead atoms. The lowest BCUT2D eigenvalue weighted by molar-refractivity contribution is -0.00693. The van der Waals surface area contributed by atoms with E-state index >= 15 is 0 Å². The number of hydrogen-bond acceptors (Lipinski definition) is 5. The smallest absolute Gasteiger partial charge is 0.410 e. The van der Waals surface area contributed by atoms with Crippen molar-refractivity contribution in [1.29, 1.82) is 0 Å². The van der Waals surface area contributed by atoms with E-state index < -0.39 is 21.8 Å². The molecule has 0 N–H and O–H groups in total. The minimum Gasteiger partial charge on any atom is -0.444 e. The van der Waals surface area contributed by atoms with Crippen LogP contribution in [0.1, 0.15) is 33.6 Å². The second-order valence-corrected chi connectivity index (χ2v) is 7.24. The zero-order chi connectivity index (χ0) is 14.1. The second-order valence-electron chi connectivity index (χ2n) is 5.64. The Balaban J connectivity index is 2.39. The van der Waals surface area contributed by atoms with Crippen LogP contribution < -0.4 is 0 Å². The van der Waals surface area contributed by atoms with Crippen LogP contribution in [0.3, 0.4) is 0 Å². The fourth-order valence-corrected chi connectivity index (χ4v) is 2.31. The highest BCUT2D eigenvalue weighted by Crippen LogP contribution is 2.29. The fourth-order valence-electron chi connectivity index (χ4n) is 1.66. The summed E-state index contributed by atoms with van der Waals surface area (Å²) in [4.78, 5) is 13.2. The summed E-state index contributed by atoms with van der Waals surface area (Å²) in [5.74, 6) is 0. The Kier molecular flexibility index (Phi) is 4.27. The van der Waals surface area contributed by atoms with Crippen molar-refractivity contribution < 1.29 is 22.1 Å². The maximum atomic E-state index is 11.7. The van der Waals surface area contributed by atoms with Crippen molar-refractivity contribution in [2.45, 2.75) is 51.4 Å². The Morgan fingerprint density at radius 3 is 2.17 bits per heavy atom. The summed E-state index contributed by atoms with van der Waals surface area (Å²) in [5, 5.41) is 0. The van der Waals surface area contributed by atoms with Gasteiger partial charge in [0, 0.05) is 13.1 Å². The summed E-state index contributed by atoms with van der Waals surface area (Å²) in [6, 6.07) is -0.0217. The van der Waals surface area contributed by atoms with E-state index in [0.717, 1.165) is 6.26 Å². The second kappa shape index (κ2) is 5.05. The summed E-state index contributed by atoms with van der Waals surface area (Å²) < 4.78 is 31.9. The van der Waals surface area contributed by atoms with Gasteiger partial charge < -0.3 is 9.64 Å². The molecule has 0 heterocycles. The van der Waals surface area contributed by atoms with Gasteiger partial charge >= 0.3 is 6.09 Å². The number of rotatable bonds is 3. The standard InChI is InChI=1S/C11H21NO5S/c1-11(2,3)16-10(13)12(4)8-6-9(7-8)17-18(5,14)15/h8-9H,6-7H2,1-5H3/t8-,9+. The van der Waals surface area contributed by atoms with Gasteiger partial charge in [-0.2, -0.15) is 8.42 Å². The van der Waals surface area contributed by atoms with Gasteiger partial charge in [0.15, 0.2) is 0 Å². The van der Waals surface area contributed by atoms with Crippen molar-refractivity contribution in [2.75, 3.05) is 13.3 Å². The monoisotopic (exact) mass is 279 g/mol. The SMILES string of the molecule is CN(C(=O)OC(C)(C)C)[C@H]1C[C@@H](OS(C)(=O)=O)C1. The van der Waals surface area contributed by atoms with Crippen LogP contribution in [-0.2, 0) is 19.0 Å². The predicted octanol–water partition coefficient (Wildman–Crippen LogP) is 1.36. The van der Waals surface area contributed by atoms with Gasteiger partial charge in [0.25, 0.3) is 10.1 Å².